The highest BCUT2D eigenvalue weighted by Crippen LogP contribution is 2.23. The van der Waals surface area contributed by atoms with Crippen LogP contribution in [0.15, 0.2) is 30.3 Å². The van der Waals surface area contributed by atoms with Crippen LogP contribution in [0.5, 0.6) is 0 Å². The molecule has 0 saturated heterocycles. The van der Waals surface area contributed by atoms with Crippen molar-refractivity contribution >= 4 is 28.9 Å². The fraction of sp³-hybridized carbons (Fsp3) is 0. The van der Waals surface area contributed by atoms with Crippen LogP contribution in [0.1, 0.15) is 10.4 Å². The number of carbonyl (C=O) groups excluding carboxylic acids is 1. The quantitative estimate of drug-likeness (QED) is 0.833. The van der Waals surface area contributed by atoms with Gasteiger partial charge < -0.3 is 11.1 Å². The molecule has 20 heavy (non-hydrogen) atoms. The minimum atomic E-state index is -1.21. The molecular formula is C13H8ClF3N2O. The van der Waals surface area contributed by atoms with Gasteiger partial charge in [0.05, 0.1) is 10.7 Å². The van der Waals surface area contributed by atoms with Gasteiger partial charge in [0.25, 0.3) is 5.91 Å². The molecule has 0 unspecified atom stereocenters. The highest BCUT2D eigenvalue weighted by atomic mass is 35.5. The number of carbonyl (C=O) groups is 1. The zero-order valence-electron chi connectivity index (χ0n) is 9.88. The van der Waals surface area contributed by atoms with Crippen LogP contribution in [0.2, 0.25) is 5.02 Å². The fourth-order valence-electron chi connectivity index (χ4n) is 1.53. The Morgan fingerprint density at radius 2 is 1.70 bits per heavy atom. The first-order valence-corrected chi connectivity index (χ1v) is 5.77. The van der Waals surface area contributed by atoms with Gasteiger partial charge in [0.15, 0.2) is 11.6 Å². The number of hydrogen-bond acceptors (Lipinski definition) is 2. The van der Waals surface area contributed by atoms with Crippen molar-refractivity contribution in [2.75, 3.05) is 11.1 Å². The number of nitrogens with one attached hydrogen (secondary N) is 1. The Morgan fingerprint density at radius 3 is 2.25 bits per heavy atom. The number of anilines is 2. The Morgan fingerprint density at radius 1 is 1.10 bits per heavy atom. The second-order valence-electron chi connectivity index (χ2n) is 3.93. The molecule has 2 rings (SSSR count). The van der Waals surface area contributed by atoms with Gasteiger partial charge in [-0.15, -0.1) is 0 Å². The molecule has 3 nitrogen and oxygen atoms in total. The number of hydrogen-bond donors (Lipinski definition) is 2. The molecule has 104 valence electrons. The van der Waals surface area contributed by atoms with Gasteiger partial charge in [0.1, 0.15) is 11.5 Å². The molecule has 0 atom stereocenters. The van der Waals surface area contributed by atoms with Crippen LogP contribution in [-0.4, -0.2) is 5.91 Å². The van der Waals surface area contributed by atoms with Gasteiger partial charge in [-0.3, -0.25) is 4.79 Å². The van der Waals surface area contributed by atoms with Crippen LogP contribution in [0.3, 0.4) is 0 Å². The number of benzene rings is 2. The topological polar surface area (TPSA) is 55.1 Å². The number of nitrogens with two attached hydrogens (primary N) is 1. The van der Waals surface area contributed by atoms with Gasteiger partial charge >= 0.3 is 0 Å². The van der Waals surface area contributed by atoms with E-state index in [4.69, 9.17) is 17.3 Å². The molecule has 1 amide bonds. The molecule has 0 heterocycles. The minimum Gasteiger partial charge on any atom is -0.398 e. The molecule has 3 N–H and O–H groups in total. The van der Waals surface area contributed by atoms with E-state index >= 15 is 0 Å². The summed E-state index contributed by atoms with van der Waals surface area (Å²) in [6, 6.07) is 4.91. The van der Waals surface area contributed by atoms with Crippen LogP contribution in [0.25, 0.3) is 0 Å². The van der Waals surface area contributed by atoms with Gasteiger partial charge in [0.2, 0.25) is 0 Å². The third kappa shape index (κ3) is 2.85. The molecule has 0 spiro atoms. The maximum absolute atomic E-state index is 13.4. The van der Waals surface area contributed by atoms with E-state index in [2.05, 4.69) is 0 Å². The van der Waals surface area contributed by atoms with E-state index in [0.29, 0.717) is 12.1 Å². The molecule has 0 saturated carbocycles. The minimum absolute atomic E-state index is 0.0648. The molecule has 7 heteroatoms. The Bertz CT molecular complexity index is 668. The molecule has 0 fully saturated rings. The van der Waals surface area contributed by atoms with Crippen molar-refractivity contribution in [2.24, 2.45) is 0 Å². The van der Waals surface area contributed by atoms with E-state index in [9.17, 15) is 18.0 Å². The van der Waals surface area contributed by atoms with Gasteiger partial charge in [-0.2, -0.15) is 0 Å². The lowest BCUT2D eigenvalue weighted by Gasteiger charge is -2.08. The number of halogens is 4. The molecular weight excluding hydrogens is 293 g/mol. The summed E-state index contributed by atoms with van der Waals surface area (Å²) in [6.07, 6.45) is 0. The number of amides is 1. The van der Waals surface area contributed by atoms with E-state index in [1.807, 2.05) is 5.32 Å². The van der Waals surface area contributed by atoms with Crippen molar-refractivity contribution in [3.05, 3.63) is 58.4 Å². The molecule has 0 bridgehead atoms. The largest absolute Gasteiger partial charge is 0.398 e. The monoisotopic (exact) mass is 300 g/mol. The van der Waals surface area contributed by atoms with Crippen LogP contribution in [0.4, 0.5) is 24.5 Å². The highest BCUT2D eigenvalue weighted by molar-refractivity contribution is 6.33. The number of rotatable bonds is 2. The van der Waals surface area contributed by atoms with E-state index in [1.165, 1.54) is 18.2 Å². The van der Waals surface area contributed by atoms with E-state index in [-0.39, 0.29) is 16.3 Å². The van der Waals surface area contributed by atoms with Gasteiger partial charge in [-0.05, 0) is 18.2 Å². The Balaban J connectivity index is 2.30. The maximum Gasteiger partial charge on any atom is 0.255 e. The summed E-state index contributed by atoms with van der Waals surface area (Å²) < 4.78 is 39.5. The molecule has 0 aliphatic carbocycles. The summed E-state index contributed by atoms with van der Waals surface area (Å²) in [5.41, 5.74) is 5.01. The molecule has 2 aromatic carbocycles. The average molecular weight is 301 g/mol. The molecule has 0 radical (unpaired) electrons. The second kappa shape index (κ2) is 5.42. The predicted octanol–water partition coefficient (Wildman–Crippen LogP) is 3.59. The Hall–Kier alpha value is -2.21. The lowest BCUT2D eigenvalue weighted by atomic mass is 10.2. The lowest BCUT2D eigenvalue weighted by Crippen LogP contribution is -2.15. The lowest BCUT2D eigenvalue weighted by molar-refractivity contribution is 0.102. The van der Waals surface area contributed by atoms with Crippen molar-refractivity contribution in [1.82, 2.24) is 0 Å². The zero-order valence-corrected chi connectivity index (χ0v) is 10.6. The summed E-state index contributed by atoms with van der Waals surface area (Å²) in [6.45, 7) is 0. The summed E-state index contributed by atoms with van der Waals surface area (Å²) in [7, 11) is 0. The van der Waals surface area contributed by atoms with Crippen LogP contribution in [0, 0.1) is 17.5 Å². The van der Waals surface area contributed by atoms with E-state index in [0.717, 1.165) is 0 Å². The Labute approximate surface area is 117 Å². The third-order valence-electron chi connectivity index (χ3n) is 2.50. The molecule has 0 aliphatic rings. The average Bonchev–Trinajstić information content (AvgIpc) is 2.36. The Kier molecular flexibility index (Phi) is 3.85. The summed E-state index contributed by atoms with van der Waals surface area (Å²) >= 11 is 5.70. The number of nitrogen functional groups attached to an aromatic ring is 1. The van der Waals surface area contributed by atoms with Crippen molar-refractivity contribution in [1.29, 1.82) is 0 Å². The fourth-order valence-corrected chi connectivity index (χ4v) is 1.65. The molecule has 2 aromatic rings. The standard InChI is InChI=1S/C13H8ClF3N2O/c14-8-2-1-6(3-11(8)18)13(20)19-12-9(16)4-7(15)5-10(12)17/h1-5H,18H2,(H,19,20). The highest BCUT2D eigenvalue weighted by Gasteiger charge is 2.15. The first-order chi connectivity index (χ1) is 9.38. The van der Waals surface area contributed by atoms with E-state index in [1.54, 1.807) is 0 Å². The van der Waals surface area contributed by atoms with Crippen molar-refractivity contribution in [3.63, 3.8) is 0 Å². The first-order valence-electron chi connectivity index (χ1n) is 5.39. The van der Waals surface area contributed by atoms with Crippen molar-refractivity contribution < 1.29 is 18.0 Å². The van der Waals surface area contributed by atoms with Crippen LogP contribution in [-0.2, 0) is 0 Å². The second-order valence-corrected chi connectivity index (χ2v) is 4.34. The normalized spacial score (nSPS) is 10.4. The zero-order chi connectivity index (χ0) is 14.9. The van der Waals surface area contributed by atoms with Gasteiger partial charge in [-0.1, -0.05) is 11.6 Å². The SMILES string of the molecule is Nc1cc(C(=O)Nc2c(F)cc(F)cc2F)ccc1Cl. The smallest absolute Gasteiger partial charge is 0.255 e. The summed E-state index contributed by atoms with van der Waals surface area (Å²) in [5, 5.41) is 2.27. The maximum atomic E-state index is 13.4. The predicted molar refractivity (Wildman–Crippen MR) is 70.1 cm³/mol. The van der Waals surface area contributed by atoms with Crippen molar-refractivity contribution in [2.45, 2.75) is 0 Å². The molecule has 0 aromatic heterocycles. The first kappa shape index (κ1) is 14.2. The molecule has 0 aliphatic heterocycles. The van der Waals surface area contributed by atoms with E-state index < -0.39 is 29.0 Å². The van der Waals surface area contributed by atoms with Crippen LogP contribution >= 0.6 is 11.6 Å². The van der Waals surface area contributed by atoms with Gasteiger partial charge in [-0.25, -0.2) is 13.2 Å². The summed E-state index contributed by atoms with van der Waals surface area (Å²) in [5.74, 6) is -4.29. The third-order valence-corrected chi connectivity index (χ3v) is 2.85. The van der Waals surface area contributed by atoms with Crippen molar-refractivity contribution in [3.8, 4) is 0 Å². The summed E-state index contributed by atoms with van der Waals surface area (Å²) in [4.78, 5) is 11.8. The van der Waals surface area contributed by atoms with Crippen LogP contribution < -0.4 is 11.1 Å². The van der Waals surface area contributed by atoms with Gasteiger partial charge in [0, 0.05) is 17.7 Å².